The summed E-state index contributed by atoms with van der Waals surface area (Å²) in [6, 6.07) is 0. The van der Waals surface area contributed by atoms with Gasteiger partial charge < -0.3 is 14.2 Å². The predicted molar refractivity (Wildman–Crippen MR) is 80.6 cm³/mol. The summed E-state index contributed by atoms with van der Waals surface area (Å²) in [5, 5.41) is 0. The van der Waals surface area contributed by atoms with Crippen molar-refractivity contribution in [3.05, 3.63) is 0 Å². The smallest absolute Gasteiger partial charge is 0.149 e. The van der Waals surface area contributed by atoms with Crippen LogP contribution in [-0.4, -0.2) is 32.7 Å². The number of hydrogen-bond donors (Lipinski definition) is 0. The molecule has 0 unspecified atom stereocenters. The molecule has 1 rings (SSSR count). The molecule has 0 bridgehead atoms. The molecule has 1 aliphatic carbocycles. The lowest BCUT2D eigenvalue weighted by Crippen LogP contribution is -2.03. The van der Waals surface area contributed by atoms with Crippen molar-refractivity contribution in [2.24, 2.45) is 5.92 Å². The van der Waals surface area contributed by atoms with E-state index in [2.05, 4.69) is 0 Å². The minimum absolute atomic E-state index is 0.330. The number of hydrogen-bond acceptors (Lipinski definition) is 3. The maximum atomic E-state index is 5.56. The van der Waals surface area contributed by atoms with E-state index in [9.17, 15) is 0 Å². The van der Waals surface area contributed by atoms with Crippen LogP contribution in [0.25, 0.3) is 0 Å². The van der Waals surface area contributed by atoms with Crippen LogP contribution in [0.3, 0.4) is 0 Å². The molecule has 0 aromatic carbocycles. The van der Waals surface area contributed by atoms with Gasteiger partial charge in [-0.2, -0.15) is 0 Å². The minimum atomic E-state index is 0.330. The molecule has 0 heterocycles. The van der Waals surface area contributed by atoms with Crippen LogP contribution in [0.2, 0.25) is 0 Å². The Balaban J connectivity index is 0.000000344. The summed E-state index contributed by atoms with van der Waals surface area (Å²) in [6.07, 6.45) is 9.92. The second kappa shape index (κ2) is 16.2. The van der Waals surface area contributed by atoms with Crippen LogP contribution in [0.15, 0.2) is 0 Å². The van der Waals surface area contributed by atoms with Crippen LogP contribution >= 0.6 is 11.6 Å². The quantitative estimate of drug-likeness (QED) is 0.300. The minimum Gasteiger partial charge on any atom is -0.356 e. The van der Waals surface area contributed by atoms with Crippen molar-refractivity contribution in [2.45, 2.75) is 58.8 Å². The van der Waals surface area contributed by atoms with Gasteiger partial charge >= 0.3 is 0 Å². The van der Waals surface area contributed by atoms with Gasteiger partial charge in [-0.05, 0) is 26.2 Å². The van der Waals surface area contributed by atoms with E-state index in [1.165, 1.54) is 44.9 Å². The zero-order chi connectivity index (χ0) is 14.2. The molecule has 0 radical (unpaired) electrons. The average Bonchev–Trinajstić information content (AvgIpc) is 3.23. The standard InChI is InChI=1S/C9H17Cl.C6H14O3/c10-8-4-2-1-3-5-9-6-7-9;1-3-7-5-9-6-8-4-2/h9H,1-8H2;3-6H2,1-2H3. The highest BCUT2D eigenvalue weighted by atomic mass is 35.5. The van der Waals surface area contributed by atoms with E-state index in [4.69, 9.17) is 25.8 Å². The largest absolute Gasteiger partial charge is 0.356 e. The normalized spacial score (nSPS) is 14.1. The third kappa shape index (κ3) is 18.2. The molecule has 116 valence electrons. The Morgan fingerprint density at radius 2 is 1.42 bits per heavy atom. The van der Waals surface area contributed by atoms with Crippen LogP contribution < -0.4 is 0 Å². The maximum Gasteiger partial charge on any atom is 0.149 e. The summed E-state index contributed by atoms with van der Waals surface area (Å²) in [5.74, 6) is 1.97. The molecule has 0 spiro atoms. The molecule has 4 heteroatoms. The number of unbranched alkanes of at least 4 members (excludes halogenated alkanes) is 3. The second-order valence-electron chi connectivity index (χ2n) is 4.76. The number of alkyl halides is 1. The average molecular weight is 295 g/mol. The van der Waals surface area contributed by atoms with Gasteiger partial charge in [0.05, 0.1) is 0 Å². The molecular formula is C15H31ClO3. The van der Waals surface area contributed by atoms with Crippen LogP contribution in [-0.2, 0) is 14.2 Å². The van der Waals surface area contributed by atoms with Crippen molar-refractivity contribution in [1.29, 1.82) is 0 Å². The van der Waals surface area contributed by atoms with E-state index in [0.717, 1.165) is 11.8 Å². The Hall–Kier alpha value is 0.170. The molecule has 0 atom stereocenters. The fourth-order valence-electron chi connectivity index (χ4n) is 1.61. The lowest BCUT2D eigenvalue weighted by Gasteiger charge is -2.02. The highest BCUT2D eigenvalue weighted by Crippen LogP contribution is 2.34. The zero-order valence-corrected chi connectivity index (χ0v) is 13.4. The van der Waals surface area contributed by atoms with E-state index in [1.807, 2.05) is 13.8 Å². The number of halogens is 1. The lowest BCUT2D eigenvalue weighted by atomic mass is 10.1. The predicted octanol–water partition coefficient (Wildman–Crippen LogP) is 4.58. The van der Waals surface area contributed by atoms with Crippen molar-refractivity contribution in [3.8, 4) is 0 Å². The SMILES string of the molecule is CCOCOCOCC.ClCCCCCCC1CC1. The van der Waals surface area contributed by atoms with E-state index in [1.54, 1.807) is 0 Å². The molecule has 0 amide bonds. The van der Waals surface area contributed by atoms with Crippen molar-refractivity contribution in [1.82, 2.24) is 0 Å². The maximum absolute atomic E-state index is 5.56. The summed E-state index contributed by atoms with van der Waals surface area (Å²) in [4.78, 5) is 0. The fourth-order valence-corrected chi connectivity index (χ4v) is 1.80. The third-order valence-electron chi connectivity index (χ3n) is 2.93. The molecule has 1 saturated carbocycles. The van der Waals surface area contributed by atoms with Crippen molar-refractivity contribution >= 4 is 11.6 Å². The Labute approximate surface area is 123 Å². The molecule has 0 aromatic heterocycles. The Kier molecular flexibility index (Phi) is 16.4. The van der Waals surface area contributed by atoms with Crippen LogP contribution in [0.5, 0.6) is 0 Å². The molecule has 1 aliphatic rings. The molecule has 3 nitrogen and oxygen atoms in total. The van der Waals surface area contributed by atoms with Crippen LogP contribution in [0.4, 0.5) is 0 Å². The molecule has 0 saturated heterocycles. The van der Waals surface area contributed by atoms with Crippen molar-refractivity contribution in [2.75, 3.05) is 32.7 Å². The highest BCUT2D eigenvalue weighted by molar-refractivity contribution is 6.17. The molecule has 0 N–H and O–H groups in total. The van der Waals surface area contributed by atoms with Gasteiger partial charge in [0.25, 0.3) is 0 Å². The van der Waals surface area contributed by atoms with E-state index < -0.39 is 0 Å². The molecule has 0 aliphatic heterocycles. The topological polar surface area (TPSA) is 27.7 Å². The first kappa shape index (κ1) is 19.2. The van der Waals surface area contributed by atoms with E-state index in [-0.39, 0.29) is 0 Å². The van der Waals surface area contributed by atoms with Crippen LogP contribution in [0, 0.1) is 5.92 Å². The number of rotatable bonds is 12. The Morgan fingerprint density at radius 3 is 1.89 bits per heavy atom. The summed E-state index contributed by atoms with van der Waals surface area (Å²) in [5.41, 5.74) is 0. The summed E-state index contributed by atoms with van der Waals surface area (Å²) < 4.78 is 14.6. The van der Waals surface area contributed by atoms with Gasteiger partial charge in [-0.25, -0.2) is 0 Å². The first-order chi connectivity index (χ1) is 9.35. The fraction of sp³-hybridized carbons (Fsp3) is 1.00. The molecule has 19 heavy (non-hydrogen) atoms. The monoisotopic (exact) mass is 294 g/mol. The van der Waals surface area contributed by atoms with Gasteiger partial charge in [-0.15, -0.1) is 11.6 Å². The molecule has 1 fully saturated rings. The lowest BCUT2D eigenvalue weighted by molar-refractivity contribution is -0.126. The van der Waals surface area contributed by atoms with Crippen LogP contribution in [0.1, 0.15) is 58.8 Å². The van der Waals surface area contributed by atoms with Gasteiger partial charge in [-0.3, -0.25) is 0 Å². The first-order valence-electron chi connectivity index (χ1n) is 7.64. The third-order valence-corrected chi connectivity index (χ3v) is 3.20. The Morgan fingerprint density at radius 1 is 0.842 bits per heavy atom. The molecular weight excluding hydrogens is 264 g/mol. The van der Waals surface area contributed by atoms with Gasteiger partial charge in [0, 0.05) is 19.1 Å². The zero-order valence-electron chi connectivity index (χ0n) is 12.7. The summed E-state index contributed by atoms with van der Waals surface area (Å²) in [6.45, 7) is 5.87. The van der Waals surface area contributed by atoms with Gasteiger partial charge in [0.15, 0.2) is 0 Å². The van der Waals surface area contributed by atoms with Gasteiger partial charge in [0.2, 0.25) is 0 Å². The highest BCUT2D eigenvalue weighted by Gasteiger charge is 2.19. The van der Waals surface area contributed by atoms with Gasteiger partial charge in [-0.1, -0.05) is 38.5 Å². The molecule has 0 aromatic rings. The second-order valence-corrected chi connectivity index (χ2v) is 5.14. The van der Waals surface area contributed by atoms with E-state index >= 15 is 0 Å². The van der Waals surface area contributed by atoms with Crippen molar-refractivity contribution in [3.63, 3.8) is 0 Å². The first-order valence-corrected chi connectivity index (χ1v) is 8.17. The summed E-state index contributed by atoms with van der Waals surface area (Å²) >= 11 is 5.56. The Bertz CT molecular complexity index is 157. The number of ether oxygens (including phenoxy) is 3. The van der Waals surface area contributed by atoms with Gasteiger partial charge in [0.1, 0.15) is 13.6 Å². The van der Waals surface area contributed by atoms with Crippen molar-refractivity contribution < 1.29 is 14.2 Å². The van der Waals surface area contributed by atoms with E-state index in [0.29, 0.717) is 26.8 Å². The summed E-state index contributed by atoms with van der Waals surface area (Å²) in [7, 11) is 0.